The molecule has 0 radical (unpaired) electrons. The predicted molar refractivity (Wildman–Crippen MR) is 128 cm³/mol. The molecule has 1 unspecified atom stereocenters. The molecule has 0 saturated carbocycles. The fraction of sp³-hybridized carbons (Fsp3) is 0.192. The number of aryl methyl sites for hydroxylation is 2. The van der Waals surface area contributed by atoms with Crippen LogP contribution in [0.4, 0.5) is 5.69 Å². The van der Waals surface area contributed by atoms with Gasteiger partial charge in [0.2, 0.25) is 5.91 Å². The third kappa shape index (κ3) is 5.02. The number of carbonyl (C=O) groups excluding carboxylic acids is 2. The Balaban J connectivity index is 1.67. The van der Waals surface area contributed by atoms with Crippen LogP contribution in [0.1, 0.15) is 22.5 Å². The third-order valence-electron chi connectivity index (χ3n) is 5.34. The second-order valence-corrected chi connectivity index (χ2v) is 9.05. The lowest BCUT2D eigenvalue weighted by molar-refractivity contribution is -0.117. The topological polar surface area (TPSA) is 86.3 Å². The number of nitrogens with zero attached hydrogens (tertiary/aromatic N) is 2. The minimum Gasteiger partial charge on any atom is -0.467 e. The van der Waals surface area contributed by atoms with Crippen LogP contribution in [0.25, 0.3) is 0 Å². The molecule has 1 aliphatic heterocycles. The lowest BCUT2D eigenvalue weighted by Gasteiger charge is -2.19. The summed E-state index contributed by atoms with van der Waals surface area (Å²) in [5, 5.41) is 12.5. The largest absolute Gasteiger partial charge is 0.467 e. The van der Waals surface area contributed by atoms with Crippen molar-refractivity contribution < 1.29 is 14.0 Å². The van der Waals surface area contributed by atoms with Crippen LogP contribution in [0.2, 0.25) is 0 Å². The van der Waals surface area contributed by atoms with Gasteiger partial charge in [-0.15, -0.1) is 0 Å². The van der Waals surface area contributed by atoms with Gasteiger partial charge >= 0.3 is 0 Å². The monoisotopic (exact) mass is 457 g/mol. The number of furan rings is 1. The first-order chi connectivity index (χ1) is 16.0. The van der Waals surface area contributed by atoms with Crippen LogP contribution >= 0.6 is 11.8 Å². The Kier molecular flexibility index (Phi) is 6.66. The van der Waals surface area contributed by atoms with Gasteiger partial charge in [-0.05, 0) is 50.1 Å². The van der Waals surface area contributed by atoms with Gasteiger partial charge < -0.3 is 9.73 Å². The number of benzene rings is 2. The number of thioether (sulfide) groups is 1. The molecule has 1 fully saturated rings. The molecule has 0 aliphatic carbocycles. The Labute approximate surface area is 196 Å². The number of hydrogen-bond acceptors (Lipinski definition) is 5. The Morgan fingerprint density at radius 2 is 1.76 bits per heavy atom. The van der Waals surface area contributed by atoms with Gasteiger partial charge in [0.05, 0.1) is 18.1 Å². The third-order valence-corrected chi connectivity index (χ3v) is 6.61. The smallest absolute Gasteiger partial charge is 0.265 e. The van der Waals surface area contributed by atoms with E-state index in [0.717, 1.165) is 16.7 Å². The quantitative estimate of drug-likeness (QED) is 0.431. The molecule has 2 heterocycles. The van der Waals surface area contributed by atoms with E-state index >= 15 is 0 Å². The molecule has 33 heavy (non-hydrogen) atoms. The van der Waals surface area contributed by atoms with Gasteiger partial charge in [-0.1, -0.05) is 59.3 Å². The minimum atomic E-state index is -0.544. The number of carbonyl (C=O) groups is 2. The first-order valence-corrected chi connectivity index (χ1v) is 11.4. The van der Waals surface area contributed by atoms with Crippen molar-refractivity contribution in [3.63, 3.8) is 0 Å². The molecule has 4 rings (SSSR count). The van der Waals surface area contributed by atoms with Crippen molar-refractivity contribution in [2.45, 2.75) is 32.1 Å². The fourth-order valence-electron chi connectivity index (χ4n) is 3.52. The van der Waals surface area contributed by atoms with Crippen molar-refractivity contribution in [3.05, 3.63) is 100.0 Å². The van der Waals surface area contributed by atoms with Crippen LogP contribution in [0.3, 0.4) is 0 Å². The van der Waals surface area contributed by atoms with Gasteiger partial charge in [-0.25, -0.2) is 0 Å². The normalized spacial score (nSPS) is 17.1. The summed E-state index contributed by atoms with van der Waals surface area (Å²) in [5.41, 5.74) is 3.76. The van der Waals surface area contributed by atoms with E-state index in [-0.39, 0.29) is 18.0 Å². The average Bonchev–Trinajstić information content (AvgIpc) is 3.44. The van der Waals surface area contributed by atoms with Gasteiger partial charge in [-0.3, -0.25) is 14.5 Å². The van der Waals surface area contributed by atoms with E-state index in [2.05, 4.69) is 5.32 Å². The van der Waals surface area contributed by atoms with Gasteiger partial charge in [0.1, 0.15) is 22.4 Å². The number of amides is 2. The highest BCUT2D eigenvalue weighted by Gasteiger charge is 2.40. The van der Waals surface area contributed by atoms with E-state index in [1.54, 1.807) is 12.1 Å². The Hall–Kier alpha value is -3.76. The van der Waals surface area contributed by atoms with E-state index < -0.39 is 11.2 Å². The summed E-state index contributed by atoms with van der Waals surface area (Å²) >= 11 is 1.26. The SMILES string of the molecule is Cc1ccc(CC2SC(=C(C#N)C(=O)NCc3ccco3)N(c3ccc(C)cc3)C2=O)cc1. The average molecular weight is 458 g/mol. The van der Waals surface area contributed by atoms with E-state index in [1.807, 2.05) is 68.4 Å². The highest BCUT2D eigenvalue weighted by atomic mass is 32.2. The molecule has 2 amide bonds. The number of anilines is 1. The van der Waals surface area contributed by atoms with Crippen LogP contribution in [-0.4, -0.2) is 17.1 Å². The highest BCUT2D eigenvalue weighted by Crippen LogP contribution is 2.42. The van der Waals surface area contributed by atoms with Crippen molar-refractivity contribution in [2.75, 3.05) is 4.90 Å². The van der Waals surface area contributed by atoms with Crippen LogP contribution in [0.15, 0.2) is 81.9 Å². The van der Waals surface area contributed by atoms with E-state index in [0.29, 0.717) is 22.9 Å². The van der Waals surface area contributed by atoms with E-state index in [1.165, 1.54) is 22.9 Å². The van der Waals surface area contributed by atoms with Crippen molar-refractivity contribution in [1.82, 2.24) is 5.32 Å². The van der Waals surface area contributed by atoms with Crippen LogP contribution in [0.5, 0.6) is 0 Å². The zero-order valence-corrected chi connectivity index (χ0v) is 19.2. The molecule has 2 aromatic carbocycles. The number of nitriles is 1. The maximum Gasteiger partial charge on any atom is 0.265 e. The maximum atomic E-state index is 13.5. The number of rotatable bonds is 6. The minimum absolute atomic E-state index is 0.0908. The van der Waals surface area contributed by atoms with Crippen molar-refractivity contribution >= 4 is 29.3 Å². The maximum absolute atomic E-state index is 13.5. The zero-order chi connectivity index (χ0) is 23.4. The standard InChI is InChI=1S/C26H23N3O3S/c1-17-5-9-19(10-6-17)14-23-25(31)29(20-11-7-18(2)8-12-20)26(33-23)22(15-27)24(30)28-16-21-4-3-13-32-21/h3-13,23H,14,16H2,1-2H3,(H,28,30). The molecule has 3 aromatic rings. The number of hydrogen-bond donors (Lipinski definition) is 1. The summed E-state index contributed by atoms with van der Waals surface area (Å²) in [4.78, 5) is 27.9. The second-order valence-electron chi connectivity index (χ2n) is 7.86. The first kappa shape index (κ1) is 22.4. The van der Waals surface area contributed by atoms with E-state index in [9.17, 15) is 14.9 Å². The summed E-state index contributed by atoms with van der Waals surface area (Å²) < 4.78 is 5.25. The van der Waals surface area contributed by atoms with Crippen LogP contribution < -0.4 is 10.2 Å². The summed E-state index contributed by atoms with van der Waals surface area (Å²) in [6.07, 6.45) is 2.02. The van der Waals surface area contributed by atoms with Gasteiger partial charge in [-0.2, -0.15) is 5.26 Å². The second kappa shape index (κ2) is 9.80. The molecule has 7 heteroatoms. The Morgan fingerprint density at radius 1 is 1.09 bits per heavy atom. The zero-order valence-electron chi connectivity index (χ0n) is 18.4. The molecule has 0 spiro atoms. The molecule has 0 bridgehead atoms. The van der Waals surface area contributed by atoms with Crippen LogP contribution in [0, 0.1) is 25.2 Å². The molecule has 1 aromatic heterocycles. The van der Waals surface area contributed by atoms with Crippen molar-refractivity contribution in [3.8, 4) is 6.07 Å². The Morgan fingerprint density at radius 3 is 2.36 bits per heavy atom. The fourth-order valence-corrected chi connectivity index (χ4v) is 4.83. The molecular formula is C26H23N3O3S. The van der Waals surface area contributed by atoms with Crippen molar-refractivity contribution in [2.24, 2.45) is 0 Å². The lowest BCUT2D eigenvalue weighted by atomic mass is 10.1. The first-order valence-electron chi connectivity index (χ1n) is 10.5. The molecule has 6 nitrogen and oxygen atoms in total. The molecule has 1 N–H and O–H groups in total. The van der Waals surface area contributed by atoms with Crippen LogP contribution in [-0.2, 0) is 22.6 Å². The highest BCUT2D eigenvalue weighted by molar-refractivity contribution is 8.05. The molecule has 1 aliphatic rings. The number of nitrogens with one attached hydrogen (secondary N) is 1. The summed E-state index contributed by atoms with van der Waals surface area (Å²) in [6.45, 7) is 4.13. The predicted octanol–water partition coefficient (Wildman–Crippen LogP) is 4.64. The van der Waals surface area contributed by atoms with E-state index in [4.69, 9.17) is 4.42 Å². The summed E-state index contributed by atoms with van der Waals surface area (Å²) in [7, 11) is 0. The summed E-state index contributed by atoms with van der Waals surface area (Å²) in [5.74, 6) is -0.114. The summed E-state index contributed by atoms with van der Waals surface area (Å²) in [6, 6.07) is 21.0. The molecule has 1 saturated heterocycles. The molecule has 166 valence electrons. The Bertz CT molecular complexity index is 1220. The van der Waals surface area contributed by atoms with Gasteiger partial charge in [0, 0.05) is 5.69 Å². The van der Waals surface area contributed by atoms with Gasteiger partial charge in [0.25, 0.3) is 5.91 Å². The van der Waals surface area contributed by atoms with Gasteiger partial charge in [0.15, 0.2) is 0 Å². The molecule has 1 atom stereocenters. The van der Waals surface area contributed by atoms with Crippen molar-refractivity contribution in [1.29, 1.82) is 5.26 Å². The lowest BCUT2D eigenvalue weighted by Crippen LogP contribution is -2.32. The molecular weight excluding hydrogens is 434 g/mol.